The minimum absolute atomic E-state index is 0.0963. The number of hydrogen-bond donors (Lipinski definition) is 1. The Morgan fingerprint density at radius 2 is 2.12 bits per heavy atom. The van der Waals surface area contributed by atoms with Crippen LogP contribution in [0.4, 0.5) is 16.2 Å². The lowest BCUT2D eigenvalue weighted by molar-refractivity contribution is -0.116. The van der Waals surface area contributed by atoms with E-state index in [2.05, 4.69) is 20.6 Å². The van der Waals surface area contributed by atoms with Gasteiger partial charge in [-0.3, -0.25) is 9.69 Å². The standard InChI is InChI=1S/C16H16N6O3S/c1-10-18-19-15-22(10)20-14(26-15)7-6-13(23)17-11-2-4-12(5-3-11)21-8-9-25-16(21)24/h2-5H,6-9H2,1H3,(H,17,23). The Hall–Kier alpha value is -3.01. The zero-order chi connectivity index (χ0) is 18.1. The number of nitrogens with zero attached hydrogens (tertiary/aromatic N) is 5. The van der Waals surface area contributed by atoms with E-state index >= 15 is 0 Å². The van der Waals surface area contributed by atoms with E-state index in [1.54, 1.807) is 33.7 Å². The highest BCUT2D eigenvalue weighted by Crippen LogP contribution is 2.21. The first-order chi connectivity index (χ1) is 12.6. The molecule has 2 aromatic heterocycles. The van der Waals surface area contributed by atoms with Crippen LogP contribution >= 0.6 is 11.3 Å². The zero-order valence-corrected chi connectivity index (χ0v) is 14.8. The van der Waals surface area contributed by atoms with E-state index in [-0.39, 0.29) is 12.0 Å². The second kappa shape index (κ2) is 6.71. The molecular weight excluding hydrogens is 356 g/mol. The van der Waals surface area contributed by atoms with Crippen LogP contribution in [0.3, 0.4) is 0 Å². The molecule has 1 aliphatic heterocycles. The lowest BCUT2D eigenvalue weighted by atomic mass is 10.2. The van der Waals surface area contributed by atoms with E-state index in [0.29, 0.717) is 31.7 Å². The molecule has 10 heteroatoms. The molecule has 3 aromatic rings. The Labute approximate surface area is 152 Å². The lowest BCUT2D eigenvalue weighted by Crippen LogP contribution is -2.23. The second-order valence-electron chi connectivity index (χ2n) is 5.80. The fourth-order valence-corrected chi connectivity index (χ4v) is 3.53. The van der Waals surface area contributed by atoms with Gasteiger partial charge in [0.1, 0.15) is 11.6 Å². The zero-order valence-electron chi connectivity index (χ0n) is 14.0. The van der Waals surface area contributed by atoms with Crippen molar-refractivity contribution >= 4 is 39.7 Å². The summed E-state index contributed by atoms with van der Waals surface area (Å²) in [6.45, 7) is 2.77. The monoisotopic (exact) mass is 372 g/mol. The summed E-state index contributed by atoms with van der Waals surface area (Å²) in [4.78, 5) is 26.0. The number of aryl methyl sites for hydroxylation is 2. The van der Waals surface area contributed by atoms with Crippen LogP contribution < -0.4 is 10.2 Å². The van der Waals surface area contributed by atoms with Gasteiger partial charge in [0.15, 0.2) is 5.82 Å². The summed E-state index contributed by atoms with van der Waals surface area (Å²) in [5.41, 5.74) is 1.43. The molecule has 0 radical (unpaired) electrons. The minimum Gasteiger partial charge on any atom is -0.447 e. The van der Waals surface area contributed by atoms with Crippen molar-refractivity contribution in [3.8, 4) is 0 Å². The van der Waals surface area contributed by atoms with Crippen molar-refractivity contribution in [3.05, 3.63) is 35.1 Å². The number of rotatable bonds is 5. The van der Waals surface area contributed by atoms with Crippen molar-refractivity contribution in [2.24, 2.45) is 0 Å². The summed E-state index contributed by atoms with van der Waals surface area (Å²) in [5, 5.41) is 16.0. The van der Waals surface area contributed by atoms with Crippen LogP contribution in [-0.4, -0.2) is 45.0 Å². The predicted molar refractivity (Wildman–Crippen MR) is 95.5 cm³/mol. The SMILES string of the molecule is Cc1nnc2sc(CCC(=O)Nc3ccc(N4CCOC4=O)cc3)nn12. The largest absolute Gasteiger partial charge is 0.447 e. The maximum Gasteiger partial charge on any atom is 0.414 e. The molecule has 3 heterocycles. The number of ether oxygens (including phenoxy) is 1. The fraction of sp³-hybridized carbons (Fsp3) is 0.312. The van der Waals surface area contributed by atoms with Gasteiger partial charge < -0.3 is 10.1 Å². The smallest absolute Gasteiger partial charge is 0.414 e. The number of hydrogen-bond acceptors (Lipinski definition) is 7. The summed E-state index contributed by atoms with van der Waals surface area (Å²) >= 11 is 1.43. The highest BCUT2D eigenvalue weighted by molar-refractivity contribution is 7.16. The number of nitrogens with one attached hydrogen (secondary N) is 1. The molecule has 4 rings (SSSR count). The molecule has 0 bridgehead atoms. The molecule has 1 N–H and O–H groups in total. The number of carbonyl (C=O) groups excluding carboxylic acids is 2. The summed E-state index contributed by atoms with van der Waals surface area (Å²) in [6, 6.07) is 7.11. The molecule has 0 unspecified atom stereocenters. The molecule has 0 saturated carbocycles. The van der Waals surface area contributed by atoms with Gasteiger partial charge >= 0.3 is 6.09 Å². The van der Waals surface area contributed by atoms with E-state index in [9.17, 15) is 9.59 Å². The Kier molecular flexibility index (Phi) is 4.25. The molecule has 1 aliphatic rings. The minimum atomic E-state index is -0.345. The number of cyclic esters (lactones) is 1. The number of fused-ring (bicyclic) bond motifs is 1. The molecular formula is C16H16N6O3S. The van der Waals surface area contributed by atoms with E-state index in [1.807, 2.05) is 6.92 Å². The van der Waals surface area contributed by atoms with Gasteiger partial charge in [-0.1, -0.05) is 11.3 Å². The molecule has 1 fully saturated rings. The van der Waals surface area contributed by atoms with E-state index in [4.69, 9.17) is 4.74 Å². The van der Waals surface area contributed by atoms with Gasteiger partial charge in [-0.25, -0.2) is 4.79 Å². The number of anilines is 2. The third-order valence-electron chi connectivity index (χ3n) is 3.98. The predicted octanol–water partition coefficient (Wildman–Crippen LogP) is 2.02. The van der Waals surface area contributed by atoms with Crippen molar-refractivity contribution in [1.29, 1.82) is 0 Å². The molecule has 1 saturated heterocycles. The Morgan fingerprint density at radius 1 is 1.31 bits per heavy atom. The van der Waals surface area contributed by atoms with Crippen LogP contribution in [0, 0.1) is 6.92 Å². The first-order valence-corrected chi connectivity index (χ1v) is 8.94. The topological polar surface area (TPSA) is 102 Å². The maximum absolute atomic E-state index is 12.1. The summed E-state index contributed by atoms with van der Waals surface area (Å²) in [6.07, 6.45) is 0.516. The molecule has 26 heavy (non-hydrogen) atoms. The summed E-state index contributed by atoms with van der Waals surface area (Å²) in [5.74, 6) is 0.634. The fourth-order valence-electron chi connectivity index (χ4n) is 2.65. The van der Waals surface area contributed by atoms with Crippen LogP contribution in [0.2, 0.25) is 0 Å². The summed E-state index contributed by atoms with van der Waals surface area (Å²) < 4.78 is 6.59. The van der Waals surface area contributed by atoms with Gasteiger partial charge in [0.25, 0.3) is 0 Å². The van der Waals surface area contributed by atoms with Crippen LogP contribution in [0.15, 0.2) is 24.3 Å². The number of aromatic nitrogens is 4. The van der Waals surface area contributed by atoms with Crippen molar-refractivity contribution in [2.75, 3.05) is 23.4 Å². The van der Waals surface area contributed by atoms with Crippen molar-refractivity contribution in [1.82, 2.24) is 19.8 Å². The van der Waals surface area contributed by atoms with Crippen molar-refractivity contribution < 1.29 is 14.3 Å². The Balaban J connectivity index is 1.33. The third-order valence-corrected chi connectivity index (χ3v) is 4.94. The van der Waals surface area contributed by atoms with Crippen LogP contribution in [-0.2, 0) is 16.0 Å². The van der Waals surface area contributed by atoms with Gasteiger partial charge in [-0.05, 0) is 31.2 Å². The Bertz CT molecular complexity index is 964. The van der Waals surface area contributed by atoms with Crippen LogP contribution in [0.25, 0.3) is 4.96 Å². The number of carbonyl (C=O) groups is 2. The molecule has 0 atom stereocenters. The molecule has 0 spiro atoms. The van der Waals surface area contributed by atoms with E-state index in [1.165, 1.54) is 11.3 Å². The van der Waals surface area contributed by atoms with Crippen molar-refractivity contribution in [3.63, 3.8) is 0 Å². The van der Waals surface area contributed by atoms with Crippen molar-refractivity contribution in [2.45, 2.75) is 19.8 Å². The average Bonchev–Trinajstić information content (AvgIpc) is 3.32. The van der Waals surface area contributed by atoms with E-state index in [0.717, 1.165) is 21.5 Å². The molecule has 0 aliphatic carbocycles. The molecule has 2 amide bonds. The number of benzene rings is 1. The maximum atomic E-state index is 12.1. The second-order valence-corrected chi connectivity index (χ2v) is 6.84. The Morgan fingerprint density at radius 3 is 2.81 bits per heavy atom. The van der Waals surface area contributed by atoms with Crippen LogP contribution in [0.5, 0.6) is 0 Å². The average molecular weight is 372 g/mol. The summed E-state index contributed by atoms with van der Waals surface area (Å²) in [7, 11) is 0. The van der Waals surface area contributed by atoms with Gasteiger partial charge in [0.05, 0.1) is 6.54 Å². The normalized spacial score (nSPS) is 14.0. The highest BCUT2D eigenvalue weighted by atomic mass is 32.1. The number of amides is 2. The molecule has 9 nitrogen and oxygen atoms in total. The first-order valence-electron chi connectivity index (χ1n) is 8.12. The van der Waals surface area contributed by atoms with Gasteiger partial charge in [-0.15, -0.1) is 10.2 Å². The highest BCUT2D eigenvalue weighted by Gasteiger charge is 2.23. The van der Waals surface area contributed by atoms with Gasteiger partial charge in [-0.2, -0.15) is 9.61 Å². The first kappa shape index (κ1) is 16.5. The lowest BCUT2D eigenvalue weighted by Gasteiger charge is -2.13. The third kappa shape index (κ3) is 3.23. The molecule has 134 valence electrons. The van der Waals surface area contributed by atoms with Gasteiger partial charge in [0, 0.05) is 24.2 Å². The van der Waals surface area contributed by atoms with E-state index < -0.39 is 0 Å². The van der Waals surface area contributed by atoms with Crippen LogP contribution in [0.1, 0.15) is 17.3 Å². The quantitative estimate of drug-likeness (QED) is 0.735. The van der Waals surface area contributed by atoms with Gasteiger partial charge in [0.2, 0.25) is 10.9 Å². The molecule has 1 aromatic carbocycles.